The second-order valence-corrected chi connectivity index (χ2v) is 10.1. The summed E-state index contributed by atoms with van der Waals surface area (Å²) in [5.41, 5.74) is 4.21. The Hall–Kier alpha value is -5.26. The largest absolute Gasteiger partial charge is 0.497 e. The molecule has 0 amide bonds. The lowest BCUT2D eigenvalue weighted by molar-refractivity contribution is -0.134. The van der Waals surface area contributed by atoms with Crippen molar-refractivity contribution in [2.75, 3.05) is 33.3 Å². The van der Waals surface area contributed by atoms with Gasteiger partial charge in [0.25, 0.3) is 0 Å². The van der Waals surface area contributed by atoms with E-state index in [1.807, 2.05) is 0 Å². The first-order valence-corrected chi connectivity index (χ1v) is 14.5. The fraction of sp³-hybridized carbons (Fsp3) is 0.257. The van der Waals surface area contributed by atoms with Gasteiger partial charge in [-0.2, -0.15) is 0 Å². The van der Waals surface area contributed by atoms with Gasteiger partial charge in [0.15, 0.2) is 0 Å². The minimum atomic E-state index is -1.26. The van der Waals surface area contributed by atoms with Gasteiger partial charge in [0, 0.05) is 63.1 Å². The molecule has 244 valence electrons. The van der Waals surface area contributed by atoms with Crippen molar-refractivity contribution in [3.63, 3.8) is 0 Å². The van der Waals surface area contributed by atoms with Crippen LogP contribution in [0.3, 0.4) is 0 Å². The molecule has 1 heterocycles. The van der Waals surface area contributed by atoms with E-state index < -0.39 is 23.9 Å². The molecule has 0 aliphatic carbocycles. The van der Waals surface area contributed by atoms with Gasteiger partial charge >= 0.3 is 23.9 Å². The van der Waals surface area contributed by atoms with Crippen molar-refractivity contribution in [1.29, 1.82) is 0 Å². The lowest BCUT2D eigenvalue weighted by atomic mass is 9.96. The topological polar surface area (TPSA) is 165 Å². The van der Waals surface area contributed by atoms with Gasteiger partial charge < -0.3 is 25.2 Å². The van der Waals surface area contributed by atoms with Crippen LogP contribution in [0.25, 0.3) is 0 Å². The van der Waals surface area contributed by atoms with E-state index in [1.54, 1.807) is 7.11 Å². The first-order chi connectivity index (χ1) is 22.1. The van der Waals surface area contributed by atoms with Gasteiger partial charge in [-0.05, 0) is 41.7 Å². The van der Waals surface area contributed by atoms with Gasteiger partial charge in [-0.15, -0.1) is 0 Å². The number of nitrogens with zero attached hydrogens (tertiary/aromatic N) is 2. The maximum atomic E-state index is 9.55. The van der Waals surface area contributed by atoms with Crippen LogP contribution in [0, 0.1) is 0 Å². The van der Waals surface area contributed by atoms with Crippen LogP contribution in [0.5, 0.6) is 5.75 Å². The van der Waals surface area contributed by atoms with Gasteiger partial charge in [0.2, 0.25) is 0 Å². The number of piperazine rings is 1. The molecule has 0 saturated carbocycles. The number of carboxylic acids is 4. The molecule has 1 aliphatic rings. The Morgan fingerprint density at radius 3 is 1.50 bits per heavy atom. The Morgan fingerprint density at radius 2 is 1.09 bits per heavy atom. The monoisotopic (exact) mass is 632 g/mol. The maximum absolute atomic E-state index is 9.55. The highest BCUT2D eigenvalue weighted by Gasteiger charge is 2.25. The van der Waals surface area contributed by atoms with Crippen molar-refractivity contribution in [3.8, 4) is 5.75 Å². The summed E-state index contributed by atoms with van der Waals surface area (Å²) in [6, 6.07) is 30.8. The van der Waals surface area contributed by atoms with E-state index in [0.29, 0.717) is 30.3 Å². The number of hydrogen-bond donors (Lipinski definition) is 4. The molecule has 1 atom stereocenters. The number of ether oxygens (including phenoxy) is 1. The summed E-state index contributed by atoms with van der Waals surface area (Å²) >= 11 is 0. The van der Waals surface area contributed by atoms with Crippen molar-refractivity contribution < 1.29 is 44.3 Å². The van der Waals surface area contributed by atoms with Crippen LogP contribution in [-0.2, 0) is 32.1 Å². The first-order valence-electron chi connectivity index (χ1n) is 14.5. The average molecular weight is 633 g/mol. The van der Waals surface area contributed by atoms with Crippen molar-refractivity contribution in [2.45, 2.75) is 25.4 Å². The van der Waals surface area contributed by atoms with E-state index in [4.69, 9.17) is 25.2 Å². The van der Waals surface area contributed by atoms with Crippen LogP contribution in [0.4, 0.5) is 0 Å². The van der Waals surface area contributed by atoms with Crippen LogP contribution < -0.4 is 4.74 Å². The highest BCUT2D eigenvalue weighted by atomic mass is 16.5. The quantitative estimate of drug-likeness (QED) is 0.206. The molecule has 1 unspecified atom stereocenters. The van der Waals surface area contributed by atoms with Crippen LogP contribution in [0.15, 0.2) is 109 Å². The molecule has 0 radical (unpaired) electrons. The van der Waals surface area contributed by atoms with Crippen molar-refractivity contribution in [2.24, 2.45) is 0 Å². The van der Waals surface area contributed by atoms with Gasteiger partial charge in [-0.25, -0.2) is 19.2 Å². The summed E-state index contributed by atoms with van der Waals surface area (Å²) in [5.74, 6) is -4.10. The number of carbonyl (C=O) groups is 4. The molecule has 0 aromatic heterocycles. The standard InChI is InChI=1S/C27H32N2O.2C4H4O4/c1-30-26-15-13-25(14-16-26)27(17-12-23-8-4-2-5-9-23)29-20-18-28(19-21-29)22-24-10-6-3-7-11-24;2*5-3(6)1-2-4(7)8/h2-11,13-16,27H,12,17-22H2,1H3;2*1-2H,(H,5,6)(H,7,8)/b;2*2-1+. The molecule has 0 bridgehead atoms. The Kier molecular flexibility index (Phi) is 16.6. The fourth-order valence-corrected chi connectivity index (χ4v) is 4.69. The predicted octanol–water partition coefficient (Wildman–Crippen LogP) is 4.61. The number of benzene rings is 3. The van der Waals surface area contributed by atoms with Gasteiger partial charge in [0.1, 0.15) is 5.75 Å². The summed E-state index contributed by atoms with van der Waals surface area (Å²) in [5, 5.41) is 31.2. The SMILES string of the molecule is COc1ccc(C(CCc2ccccc2)N2CCN(Cc3ccccc3)CC2)cc1.O=C(O)/C=C/C(=O)O.O=C(O)/C=C/C(=O)O. The zero-order valence-electron chi connectivity index (χ0n) is 25.6. The van der Waals surface area contributed by atoms with Crippen LogP contribution >= 0.6 is 0 Å². The molecule has 3 aromatic carbocycles. The summed E-state index contributed by atoms with van der Waals surface area (Å²) in [6.07, 6.45) is 4.46. The van der Waals surface area contributed by atoms with E-state index in [0.717, 1.165) is 51.3 Å². The number of rotatable bonds is 12. The summed E-state index contributed by atoms with van der Waals surface area (Å²) < 4.78 is 5.37. The molecule has 1 aliphatic heterocycles. The van der Waals surface area contributed by atoms with Gasteiger partial charge in [0.05, 0.1) is 7.11 Å². The molecular formula is C35H40N2O9. The Bertz CT molecular complexity index is 1350. The molecule has 0 spiro atoms. The molecule has 11 nitrogen and oxygen atoms in total. The lowest BCUT2D eigenvalue weighted by Crippen LogP contribution is -2.47. The molecule has 11 heteroatoms. The molecule has 4 N–H and O–H groups in total. The highest BCUT2D eigenvalue weighted by Crippen LogP contribution is 2.29. The number of aryl methyl sites for hydroxylation is 1. The smallest absolute Gasteiger partial charge is 0.328 e. The van der Waals surface area contributed by atoms with E-state index in [9.17, 15) is 19.2 Å². The molecule has 46 heavy (non-hydrogen) atoms. The summed E-state index contributed by atoms with van der Waals surface area (Å²) in [6.45, 7) is 5.50. The first kappa shape index (κ1) is 36.9. The summed E-state index contributed by atoms with van der Waals surface area (Å²) in [7, 11) is 1.73. The van der Waals surface area contributed by atoms with Crippen LogP contribution in [0.1, 0.15) is 29.2 Å². The molecular weight excluding hydrogens is 592 g/mol. The van der Waals surface area contributed by atoms with E-state index in [-0.39, 0.29) is 0 Å². The Labute approximate surface area is 268 Å². The predicted molar refractivity (Wildman–Crippen MR) is 173 cm³/mol. The van der Waals surface area contributed by atoms with E-state index in [1.165, 1.54) is 16.7 Å². The molecule has 4 rings (SSSR count). The third-order valence-electron chi connectivity index (χ3n) is 6.88. The lowest BCUT2D eigenvalue weighted by Gasteiger charge is -2.39. The Morgan fingerprint density at radius 1 is 0.652 bits per heavy atom. The zero-order valence-corrected chi connectivity index (χ0v) is 25.6. The van der Waals surface area contributed by atoms with E-state index >= 15 is 0 Å². The zero-order chi connectivity index (χ0) is 33.7. The van der Waals surface area contributed by atoms with E-state index in [2.05, 4.69) is 94.7 Å². The average Bonchev–Trinajstić information content (AvgIpc) is 3.05. The molecule has 1 saturated heterocycles. The maximum Gasteiger partial charge on any atom is 0.328 e. The van der Waals surface area contributed by atoms with Gasteiger partial charge in [-0.1, -0.05) is 72.8 Å². The second-order valence-electron chi connectivity index (χ2n) is 10.1. The number of carboxylic acid groups (broad SMARTS) is 4. The van der Waals surface area contributed by atoms with Crippen molar-refractivity contribution in [1.82, 2.24) is 9.80 Å². The number of methoxy groups -OCH3 is 1. The number of hydrogen-bond acceptors (Lipinski definition) is 7. The fourth-order valence-electron chi connectivity index (χ4n) is 4.69. The molecule has 1 fully saturated rings. The Balaban J connectivity index is 0.000000381. The van der Waals surface area contributed by atoms with Crippen molar-refractivity contribution in [3.05, 3.63) is 126 Å². The minimum Gasteiger partial charge on any atom is -0.497 e. The third kappa shape index (κ3) is 15.5. The van der Waals surface area contributed by atoms with Crippen molar-refractivity contribution >= 4 is 23.9 Å². The van der Waals surface area contributed by atoms with Crippen LogP contribution in [-0.4, -0.2) is 87.4 Å². The second kappa shape index (κ2) is 20.7. The van der Waals surface area contributed by atoms with Gasteiger partial charge in [-0.3, -0.25) is 9.80 Å². The minimum absolute atomic E-state index is 0.440. The van der Waals surface area contributed by atoms with Crippen LogP contribution in [0.2, 0.25) is 0 Å². The number of aliphatic carboxylic acids is 4. The third-order valence-corrected chi connectivity index (χ3v) is 6.88. The highest BCUT2D eigenvalue weighted by molar-refractivity contribution is 5.90. The normalized spacial score (nSPS) is 13.9. The summed E-state index contributed by atoms with van der Waals surface area (Å²) in [4.78, 5) is 43.5. The molecule has 3 aromatic rings.